The molecule has 3 aliphatic rings. The summed E-state index contributed by atoms with van der Waals surface area (Å²) in [6, 6.07) is 0. The Hall–Kier alpha value is -1.52. The largest absolute Gasteiger partial charge is 0.394 e. The van der Waals surface area contributed by atoms with Gasteiger partial charge < -0.3 is 35.8 Å². The molecule has 3 aliphatic heterocycles. The molecule has 3 fully saturated rings. The van der Waals surface area contributed by atoms with Gasteiger partial charge in [0.05, 0.1) is 13.2 Å². The van der Waals surface area contributed by atoms with Crippen molar-refractivity contribution in [2.45, 2.75) is 30.1 Å². The van der Waals surface area contributed by atoms with E-state index in [4.69, 9.17) is 9.84 Å². The maximum Gasteiger partial charge on any atom is 0.280 e. The van der Waals surface area contributed by atoms with E-state index in [1.165, 1.54) is 0 Å². The minimum atomic E-state index is -2.28. The normalized spacial score (nSPS) is 36.7. The molecule has 0 aliphatic carbocycles. The monoisotopic (exact) mass is 288 g/mol. The number of carbonyl (C=O) groups is 2. The molecule has 2 amide bonds. The molecule has 2 unspecified atom stereocenters. The van der Waals surface area contributed by atoms with Crippen LogP contribution in [0.25, 0.3) is 0 Å². The van der Waals surface area contributed by atoms with Gasteiger partial charge in [-0.05, 0) is 12.0 Å². The maximum absolute atomic E-state index is 12.1. The molecule has 3 heterocycles. The molecule has 6 N–H and O–H groups in total. The fourth-order valence-corrected chi connectivity index (χ4v) is 2.16. The van der Waals surface area contributed by atoms with Gasteiger partial charge in [0.2, 0.25) is 5.72 Å². The topological polar surface area (TPSA) is 148 Å². The third-order valence-electron chi connectivity index (χ3n) is 3.47. The molecule has 9 heteroatoms. The zero-order chi connectivity index (χ0) is 15.1. The third-order valence-corrected chi connectivity index (χ3v) is 3.47. The van der Waals surface area contributed by atoms with Crippen molar-refractivity contribution in [3.63, 3.8) is 0 Å². The number of aliphatic hydroxyl groups is 4. The molecule has 9 nitrogen and oxygen atoms in total. The zero-order valence-corrected chi connectivity index (χ0v) is 10.5. The molecule has 4 atom stereocenters. The van der Waals surface area contributed by atoms with Crippen LogP contribution in [-0.4, -0.2) is 69.1 Å². The second-order valence-corrected chi connectivity index (χ2v) is 4.75. The van der Waals surface area contributed by atoms with E-state index in [1.54, 1.807) is 0 Å². The van der Waals surface area contributed by atoms with E-state index in [0.29, 0.717) is 0 Å². The molecule has 0 aromatic carbocycles. The molecular formula is C11H16N2O7. The van der Waals surface area contributed by atoms with Crippen molar-refractivity contribution in [2.75, 3.05) is 13.2 Å². The van der Waals surface area contributed by atoms with Crippen molar-refractivity contribution < 1.29 is 34.8 Å². The first kappa shape index (κ1) is 14.9. The number of carbonyl (C=O) groups excluding carboxylic acids is 2. The van der Waals surface area contributed by atoms with E-state index in [1.807, 2.05) is 5.32 Å². The Balaban J connectivity index is 2.42. The number of nitrogens with one attached hydrogen (secondary N) is 2. The van der Waals surface area contributed by atoms with Crippen LogP contribution in [0.1, 0.15) is 6.42 Å². The molecule has 0 aromatic heterocycles. The maximum atomic E-state index is 12.1. The van der Waals surface area contributed by atoms with Gasteiger partial charge >= 0.3 is 0 Å². The third kappa shape index (κ3) is 1.91. The molecule has 0 saturated carbocycles. The van der Waals surface area contributed by atoms with Crippen LogP contribution in [0.15, 0.2) is 12.2 Å². The van der Waals surface area contributed by atoms with Crippen LogP contribution in [0.2, 0.25) is 0 Å². The van der Waals surface area contributed by atoms with E-state index < -0.39 is 42.1 Å². The minimum Gasteiger partial charge on any atom is -0.394 e. The molecule has 3 saturated heterocycles. The molecule has 0 spiro atoms. The molecule has 20 heavy (non-hydrogen) atoms. The fourth-order valence-electron chi connectivity index (χ4n) is 2.16. The summed E-state index contributed by atoms with van der Waals surface area (Å²) in [4.78, 5) is 24.1. The van der Waals surface area contributed by atoms with E-state index in [9.17, 15) is 24.9 Å². The zero-order valence-electron chi connectivity index (χ0n) is 10.5. The Kier molecular flexibility index (Phi) is 3.56. The fraction of sp³-hybridized carbons (Fsp3) is 0.636. The summed E-state index contributed by atoms with van der Waals surface area (Å²) in [5.74, 6) is -2.08. The first-order valence-corrected chi connectivity index (χ1v) is 5.94. The minimum absolute atomic E-state index is 0.0360. The highest BCUT2D eigenvalue weighted by Gasteiger charge is 2.61. The number of amides is 2. The number of ether oxygens (including phenoxy) is 1. The molecule has 0 radical (unpaired) electrons. The lowest BCUT2D eigenvalue weighted by molar-refractivity contribution is -0.215. The summed E-state index contributed by atoms with van der Waals surface area (Å²) in [5, 5.41) is 42.5. The standard InChI is InChI=1S/C11H16N2O7/c1-5-2-3-20-11(7(16)6(15)4-14)9(18)12-10(5,19)8(17)13-11/h6-7,14-16,19H,1-4H2,(H,12,18)(H,13,17)/t6-,7+,10?,11?/m1/s1. The van der Waals surface area contributed by atoms with Crippen molar-refractivity contribution in [3.8, 4) is 0 Å². The van der Waals surface area contributed by atoms with Gasteiger partial charge in [-0.1, -0.05) is 6.58 Å². The molecular weight excluding hydrogens is 272 g/mol. The predicted octanol–water partition coefficient (Wildman–Crippen LogP) is -3.69. The van der Waals surface area contributed by atoms with Crippen LogP contribution in [-0.2, 0) is 14.3 Å². The van der Waals surface area contributed by atoms with Crippen LogP contribution in [0.3, 0.4) is 0 Å². The summed E-state index contributed by atoms with van der Waals surface area (Å²) in [6.07, 6.45) is -3.56. The van der Waals surface area contributed by atoms with Crippen molar-refractivity contribution in [3.05, 3.63) is 12.2 Å². The highest BCUT2D eigenvalue weighted by molar-refractivity contribution is 6.02. The summed E-state index contributed by atoms with van der Waals surface area (Å²) in [5.41, 5.74) is -4.52. The SMILES string of the molecule is C=C1CCOC2([C@@H](O)[C@H](O)CO)NC(=O)C1(O)NC2=O. The van der Waals surface area contributed by atoms with Crippen LogP contribution in [0.4, 0.5) is 0 Å². The van der Waals surface area contributed by atoms with Gasteiger partial charge in [-0.25, -0.2) is 0 Å². The summed E-state index contributed by atoms with van der Waals surface area (Å²) >= 11 is 0. The Bertz CT molecular complexity index is 468. The Labute approximate surface area is 113 Å². The Morgan fingerprint density at radius 2 is 1.95 bits per heavy atom. The number of fused-ring (bicyclic) bond motifs is 5. The smallest absolute Gasteiger partial charge is 0.280 e. The predicted molar refractivity (Wildman–Crippen MR) is 62.8 cm³/mol. The lowest BCUT2D eigenvalue weighted by Gasteiger charge is -2.48. The van der Waals surface area contributed by atoms with Crippen LogP contribution in [0, 0.1) is 0 Å². The van der Waals surface area contributed by atoms with Gasteiger partial charge in [0.25, 0.3) is 17.5 Å². The molecule has 2 bridgehead atoms. The van der Waals surface area contributed by atoms with E-state index >= 15 is 0 Å². The number of hydrogen-bond donors (Lipinski definition) is 6. The van der Waals surface area contributed by atoms with Gasteiger partial charge in [-0.15, -0.1) is 0 Å². The highest BCUT2D eigenvalue weighted by atomic mass is 16.5. The van der Waals surface area contributed by atoms with Gasteiger partial charge in [-0.3, -0.25) is 9.59 Å². The average molecular weight is 288 g/mol. The van der Waals surface area contributed by atoms with E-state index in [-0.39, 0.29) is 18.6 Å². The number of aliphatic hydroxyl groups excluding tert-OH is 3. The highest BCUT2D eigenvalue weighted by Crippen LogP contribution is 2.30. The van der Waals surface area contributed by atoms with Crippen molar-refractivity contribution in [1.82, 2.24) is 10.6 Å². The van der Waals surface area contributed by atoms with Gasteiger partial charge in [-0.2, -0.15) is 0 Å². The van der Waals surface area contributed by atoms with E-state index in [2.05, 4.69) is 11.9 Å². The van der Waals surface area contributed by atoms with Crippen LogP contribution >= 0.6 is 0 Å². The summed E-state index contributed by atoms with van der Waals surface area (Å²) < 4.78 is 5.20. The van der Waals surface area contributed by atoms with Gasteiger partial charge in [0, 0.05) is 0 Å². The second kappa shape index (κ2) is 4.79. The van der Waals surface area contributed by atoms with Gasteiger partial charge in [0.1, 0.15) is 12.2 Å². The molecule has 3 rings (SSSR count). The lowest BCUT2D eigenvalue weighted by atomic mass is 9.90. The number of hydrogen-bond acceptors (Lipinski definition) is 7. The number of piperazine rings is 1. The molecule has 112 valence electrons. The van der Waals surface area contributed by atoms with Crippen LogP contribution in [0.5, 0.6) is 0 Å². The average Bonchev–Trinajstić information content (AvgIpc) is 2.41. The first-order valence-electron chi connectivity index (χ1n) is 5.94. The first-order chi connectivity index (χ1) is 9.28. The summed E-state index contributed by atoms with van der Waals surface area (Å²) in [6.45, 7) is 2.55. The van der Waals surface area contributed by atoms with Gasteiger partial charge in [0.15, 0.2) is 0 Å². The Morgan fingerprint density at radius 1 is 1.30 bits per heavy atom. The quantitative estimate of drug-likeness (QED) is 0.293. The van der Waals surface area contributed by atoms with E-state index in [0.717, 1.165) is 0 Å². The second-order valence-electron chi connectivity index (χ2n) is 4.75. The lowest BCUT2D eigenvalue weighted by Crippen LogP contribution is -2.81. The van der Waals surface area contributed by atoms with Crippen molar-refractivity contribution in [2.24, 2.45) is 0 Å². The summed E-state index contributed by atoms with van der Waals surface area (Å²) in [7, 11) is 0. The van der Waals surface area contributed by atoms with Crippen molar-refractivity contribution in [1.29, 1.82) is 0 Å². The van der Waals surface area contributed by atoms with Crippen molar-refractivity contribution >= 4 is 11.8 Å². The van der Waals surface area contributed by atoms with Crippen LogP contribution < -0.4 is 10.6 Å². The number of rotatable bonds is 3. The Morgan fingerprint density at radius 3 is 2.55 bits per heavy atom. The molecule has 0 aromatic rings.